The Hall–Kier alpha value is -3.11. The molecule has 3 heterocycles. The van der Waals surface area contributed by atoms with E-state index in [-0.39, 0.29) is 9.92 Å². The molecule has 31 heavy (non-hydrogen) atoms. The van der Waals surface area contributed by atoms with Crippen LogP contribution in [0.15, 0.2) is 75.9 Å². The van der Waals surface area contributed by atoms with E-state index in [0.717, 1.165) is 24.1 Å². The summed E-state index contributed by atoms with van der Waals surface area (Å²) in [5.74, 6) is -0.822. The highest BCUT2D eigenvalue weighted by molar-refractivity contribution is 7.99. The molecule has 0 saturated heterocycles. The fourth-order valence-electron chi connectivity index (χ4n) is 2.91. The van der Waals surface area contributed by atoms with Crippen molar-refractivity contribution >= 4 is 21.6 Å². The van der Waals surface area contributed by atoms with E-state index in [0.29, 0.717) is 27.8 Å². The number of halogens is 2. The van der Waals surface area contributed by atoms with Crippen molar-refractivity contribution in [3.63, 3.8) is 0 Å². The Kier molecular flexibility index (Phi) is 5.59. The second-order valence-electron chi connectivity index (χ2n) is 6.70. The molecular weight excluding hydrogens is 442 g/mol. The summed E-state index contributed by atoms with van der Waals surface area (Å²) in [5, 5.41) is 0.510. The summed E-state index contributed by atoms with van der Waals surface area (Å²) in [6.45, 7) is 0. The van der Waals surface area contributed by atoms with Gasteiger partial charge in [-0.1, -0.05) is 17.8 Å². The van der Waals surface area contributed by atoms with E-state index in [1.165, 1.54) is 24.4 Å². The summed E-state index contributed by atoms with van der Waals surface area (Å²) in [5.41, 5.74) is 1.64. The Balaban J connectivity index is 1.86. The third-order valence-corrected chi connectivity index (χ3v) is 6.64. The standard InChI is InChI=1S/C21H16F2N4O2S2/c1-27-20(16-5-3-4-10-24-16)26-19(13-6-9-18(25-12-13)31(2,28)29)21(27)30-17-8-7-14(22)11-15(17)23/h3-12H,1-2H3. The monoisotopic (exact) mass is 458 g/mol. The number of rotatable bonds is 5. The molecule has 6 nitrogen and oxygen atoms in total. The van der Waals surface area contributed by atoms with Gasteiger partial charge in [-0.05, 0) is 36.4 Å². The Bertz CT molecular complexity index is 1360. The summed E-state index contributed by atoms with van der Waals surface area (Å²) < 4.78 is 52.9. The van der Waals surface area contributed by atoms with Crippen LogP contribution in [-0.2, 0) is 16.9 Å². The molecule has 10 heteroatoms. The zero-order chi connectivity index (χ0) is 22.2. The van der Waals surface area contributed by atoms with E-state index >= 15 is 0 Å². The van der Waals surface area contributed by atoms with Gasteiger partial charge in [0.15, 0.2) is 20.7 Å². The lowest BCUT2D eigenvalue weighted by Gasteiger charge is -2.08. The molecule has 158 valence electrons. The lowest BCUT2D eigenvalue weighted by molar-refractivity contribution is 0.565. The van der Waals surface area contributed by atoms with Crippen LogP contribution in [0.25, 0.3) is 22.8 Å². The molecule has 0 spiro atoms. The van der Waals surface area contributed by atoms with Gasteiger partial charge in [-0.15, -0.1) is 0 Å². The van der Waals surface area contributed by atoms with Crippen LogP contribution in [0.3, 0.4) is 0 Å². The lowest BCUT2D eigenvalue weighted by Crippen LogP contribution is -2.00. The third-order valence-electron chi connectivity index (χ3n) is 4.43. The van der Waals surface area contributed by atoms with Crippen molar-refractivity contribution in [1.82, 2.24) is 19.5 Å². The lowest BCUT2D eigenvalue weighted by atomic mass is 10.2. The second kappa shape index (κ2) is 8.20. The molecule has 0 N–H and O–H groups in total. The average molecular weight is 459 g/mol. The first-order valence-corrected chi connectivity index (χ1v) is 11.7. The molecule has 1 aromatic carbocycles. The fourth-order valence-corrected chi connectivity index (χ4v) is 4.46. The van der Waals surface area contributed by atoms with Crippen LogP contribution in [0.5, 0.6) is 0 Å². The van der Waals surface area contributed by atoms with E-state index in [4.69, 9.17) is 0 Å². The molecule has 4 aromatic rings. The largest absolute Gasteiger partial charge is 0.320 e. The number of benzene rings is 1. The highest BCUT2D eigenvalue weighted by Gasteiger charge is 2.21. The number of sulfone groups is 1. The first-order valence-electron chi connectivity index (χ1n) is 9.01. The molecule has 0 saturated carbocycles. The predicted octanol–water partition coefficient (Wildman–Crippen LogP) is 4.38. The molecule has 0 aliphatic rings. The average Bonchev–Trinajstić information content (AvgIpc) is 3.06. The Morgan fingerprint density at radius 1 is 1.03 bits per heavy atom. The van der Waals surface area contributed by atoms with E-state index in [1.807, 2.05) is 6.07 Å². The molecule has 0 atom stereocenters. The number of nitrogens with zero attached hydrogens (tertiary/aromatic N) is 4. The van der Waals surface area contributed by atoms with Gasteiger partial charge >= 0.3 is 0 Å². The quantitative estimate of drug-likeness (QED) is 0.442. The van der Waals surface area contributed by atoms with Crippen LogP contribution >= 0.6 is 11.8 Å². The minimum atomic E-state index is -3.45. The number of aromatic nitrogens is 4. The predicted molar refractivity (Wildman–Crippen MR) is 113 cm³/mol. The molecule has 0 unspecified atom stereocenters. The van der Waals surface area contributed by atoms with Crippen molar-refractivity contribution in [1.29, 1.82) is 0 Å². The third kappa shape index (κ3) is 4.35. The molecule has 0 aliphatic carbocycles. The maximum absolute atomic E-state index is 14.3. The zero-order valence-corrected chi connectivity index (χ0v) is 18.1. The molecule has 0 amide bonds. The zero-order valence-electron chi connectivity index (χ0n) is 16.5. The molecule has 3 aromatic heterocycles. The molecule has 0 radical (unpaired) electrons. The molecule has 0 bridgehead atoms. The molecule has 0 aliphatic heterocycles. The Morgan fingerprint density at radius 2 is 1.84 bits per heavy atom. The number of imidazole rings is 1. The first kappa shape index (κ1) is 21.1. The first-order chi connectivity index (χ1) is 14.7. The van der Waals surface area contributed by atoms with Gasteiger partial charge in [0, 0.05) is 42.2 Å². The fraction of sp³-hybridized carbons (Fsp3) is 0.0952. The van der Waals surface area contributed by atoms with Gasteiger partial charge in [-0.3, -0.25) is 4.98 Å². The van der Waals surface area contributed by atoms with Gasteiger partial charge in [-0.25, -0.2) is 27.2 Å². The summed E-state index contributed by atoms with van der Waals surface area (Å²) in [7, 11) is -1.69. The van der Waals surface area contributed by atoms with Crippen molar-refractivity contribution in [2.45, 2.75) is 14.9 Å². The van der Waals surface area contributed by atoms with Crippen LogP contribution in [0.2, 0.25) is 0 Å². The van der Waals surface area contributed by atoms with Gasteiger partial charge in [0.25, 0.3) is 0 Å². The van der Waals surface area contributed by atoms with Gasteiger partial charge in [0.05, 0.1) is 0 Å². The smallest absolute Gasteiger partial charge is 0.192 e. The molecular formula is C21H16F2N4O2S2. The second-order valence-corrected chi connectivity index (χ2v) is 9.69. The van der Waals surface area contributed by atoms with E-state index in [9.17, 15) is 17.2 Å². The summed E-state index contributed by atoms with van der Waals surface area (Å²) in [6.07, 6.45) is 4.12. The number of hydrogen-bond acceptors (Lipinski definition) is 6. The van der Waals surface area contributed by atoms with Crippen molar-refractivity contribution in [2.75, 3.05) is 6.26 Å². The summed E-state index contributed by atoms with van der Waals surface area (Å²) in [6, 6.07) is 11.8. The molecule has 0 fully saturated rings. The highest BCUT2D eigenvalue weighted by atomic mass is 32.2. The van der Waals surface area contributed by atoms with Crippen molar-refractivity contribution in [3.8, 4) is 22.8 Å². The van der Waals surface area contributed by atoms with Crippen LogP contribution in [0.1, 0.15) is 0 Å². The van der Waals surface area contributed by atoms with E-state index < -0.39 is 21.5 Å². The van der Waals surface area contributed by atoms with Crippen LogP contribution < -0.4 is 0 Å². The minimum absolute atomic E-state index is 0.0593. The van der Waals surface area contributed by atoms with Crippen molar-refractivity contribution in [2.24, 2.45) is 7.05 Å². The van der Waals surface area contributed by atoms with Crippen LogP contribution in [0, 0.1) is 11.6 Å². The van der Waals surface area contributed by atoms with E-state index in [2.05, 4.69) is 15.0 Å². The number of pyridine rings is 2. The maximum atomic E-state index is 14.3. The van der Waals surface area contributed by atoms with Gasteiger partial charge in [0.1, 0.15) is 28.0 Å². The van der Waals surface area contributed by atoms with Gasteiger partial charge in [-0.2, -0.15) is 0 Å². The topological polar surface area (TPSA) is 77.7 Å². The maximum Gasteiger partial charge on any atom is 0.192 e. The number of hydrogen-bond donors (Lipinski definition) is 0. The van der Waals surface area contributed by atoms with Gasteiger partial charge < -0.3 is 4.57 Å². The molecule has 4 rings (SSSR count). The summed E-state index contributed by atoms with van der Waals surface area (Å²) in [4.78, 5) is 13.3. The van der Waals surface area contributed by atoms with Crippen molar-refractivity contribution in [3.05, 3.63) is 72.6 Å². The summed E-state index contributed by atoms with van der Waals surface area (Å²) >= 11 is 1.08. The highest BCUT2D eigenvalue weighted by Crippen LogP contribution is 2.39. The van der Waals surface area contributed by atoms with Gasteiger partial charge in [0.2, 0.25) is 0 Å². The minimum Gasteiger partial charge on any atom is -0.320 e. The Labute approximate surface area is 181 Å². The van der Waals surface area contributed by atoms with Crippen molar-refractivity contribution < 1.29 is 17.2 Å². The van der Waals surface area contributed by atoms with E-state index in [1.54, 1.807) is 36.0 Å². The van der Waals surface area contributed by atoms with Crippen LogP contribution in [-0.4, -0.2) is 34.2 Å². The normalized spacial score (nSPS) is 11.6. The van der Waals surface area contributed by atoms with Crippen LogP contribution in [0.4, 0.5) is 8.78 Å². The SMILES string of the molecule is Cn1c(-c2ccccn2)nc(-c2ccc(S(C)(=O)=O)nc2)c1Sc1ccc(F)cc1F. The Morgan fingerprint density at radius 3 is 2.45 bits per heavy atom.